The number of nitrogens with zero attached hydrogens (tertiary/aromatic N) is 3. The Labute approximate surface area is 194 Å². The highest BCUT2D eigenvalue weighted by molar-refractivity contribution is 5.97. The van der Waals surface area contributed by atoms with Crippen molar-refractivity contribution < 1.29 is 14.8 Å². The van der Waals surface area contributed by atoms with Gasteiger partial charge >= 0.3 is 0 Å². The van der Waals surface area contributed by atoms with E-state index in [2.05, 4.69) is 15.9 Å². The Bertz CT molecular complexity index is 1040. The van der Waals surface area contributed by atoms with E-state index in [-0.39, 0.29) is 16.4 Å². The standard InChI is InChI=1S/C26H31N3O4/c30-24(21-14-20-2-1-11-28-25(31)16-22(15-21)26(20)28)8-5-18-9-12-27(13-10-18)17-19-3-6-23(7-4-19)29(32)33/h3-4,6-7,14-15,18,25,31H,1-2,5,8-13,16-17H2. The molecule has 1 fully saturated rings. The van der Waals surface area contributed by atoms with Crippen LogP contribution in [0, 0.1) is 16.0 Å². The quantitative estimate of drug-likeness (QED) is 0.389. The maximum atomic E-state index is 13.0. The highest BCUT2D eigenvalue weighted by atomic mass is 16.6. The van der Waals surface area contributed by atoms with Gasteiger partial charge in [-0.1, -0.05) is 12.1 Å². The first-order valence-electron chi connectivity index (χ1n) is 12.1. The van der Waals surface area contributed by atoms with Crippen LogP contribution in [0.5, 0.6) is 0 Å². The Hall–Kier alpha value is -2.77. The van der Waals surface area contributed by atoms with E-state index in [0.29, 0.717) is 18.8 Å². The summed E-state index contributed by atoms with van der Waals surface area (Å²) in [6, 6.07) is 10.9. The summed E-state index contributed by atoms with van der Waals surface area (Å²) in [6.45, 7) is 3.70. The van der Waals surface area contributed by atoms with Crippen LogP contribution in [0.25, 0.3) is 0 Å². The molecule has 174 valence electrons. The van der Waals surface area contributed by atoms with Crippen LogP contribution in [0.1, 0.15) is 59.2 Å². The molecule has 0 saturated carbocycles. The molecule has 7 nitrogen and oxygen atoms in total. The number of carbonyl (C=O) groups is 1. The van der Waals surface area contributed by atoms with Gasteiger partial charge in [0.15, 0.2) is 5.78 Å². The summed E-state index contributed by atoms with van der Waals surface area (Å²) >= 11 is 0. The van der Waals surface area contributed by atoms with Crippen LogP contribution in [-0.4, -0.2) is 46.6 Å². The first-order valence-corrected chi connectivity index (χ1v) is 12.1. The van der Waals surface area contributed by atoms with E-state index in [0.717, 1.165) is 75.0 Å². The zero-order valence-corrected chi connectivity index (χ0v) is 18.9. The van der Waals surface area contributed by atoms with Crippen LogP contribution < -0.4 is 4.90 Å². The van der Waals surface area contributed by atoms with Crippen LogP contribution in [0.3, 0.4) is 0 Å². The van der Waals surface area contributed by atoms with Crippen molar-refractivity contribution in [2.45, 2.75) is 57.7 Å². The molecule has 1 saturated heterocycles. The molecule has 0 spiro atoms. The molecule has 0 aromatic heterocycles. The van der Waals surface area contributed by atoms with Gasteiger partial charge in [0.2, 0.25) is 0 Å². The lowest BCUT2D eigenvalue weighted by atomic mass is 9.89. The van der Waals surface area contributed by atoms with Gasteiger partial charge in [0, 0.05) is 49.3 Å². The van der Waals surface area contributed by atoms with E-state index in [1.54, 1.807) is 12.1 Å². The number of aryl methyl sites for hydroxylation is 1. The molecule has 0 radical (unpaired) electrons. The van der Waals surface area contributed by atoms with Crippen LogP contribution in [0.2, 0.25) is 0 Å². The van der Waals surface area contributed by atoms with E-state index in [9.17, 15) is 20.0 Å². The van der Waals surface area contributed by atoms with Crippen LogP contribution in [0.15, 0.2) is 36.4 Å². The monoisotopic (exact) mass is 449 g/mol. The van der Waals surface area contributed by atoms with E-state index >= 15 is 0 Å². The van der Waals surface area contributed by atoms with Gasteiger partial charge in [0.25, 0.3) is 5.69 Å². The van der Waals surface area contributed by atoms with Crippen molar-refractivity contribution in [3.63, 3.8) is 0 Å². The van der Waals surface area contributed by atoms with E-state index in [1.165, 1.54) is 11.3 Å². The zero-order chi connectivity index (χ0) is 22.9. The van der Waals surface area contributed by atoms with Crippen LogP contribution in [0.4, 0.5) is 11.4 Å². The summed E-state index contributed by atoms with van der Waals surface area (Å²) in [6.07, 6.45) is 5.85. The number of benzene rings is 2. The molecule has 0 bridgehead atoms. The number of carbonyl (C=O) groups excluding carboxylic acids is 1. The highest BCUT2D eigenvalue weighted by Crippen LogP contribution is 2.39. The van der Waals surface area contributed by atoms with Crippen molar-refractivity contribution in [2.75, 3.05) is 24.5 Å². The number of likely N-dealkylation sites (tertiary alicyclic amines) is 1. The molecule has 3 heterocycles. The smallest absolute Gasteiger partial charge is 0.269 e. The minimum atomic E-state index is -0.444. The van der Waals surface area contributed by atoms with Crippen molar-refractivity contribution in [1.82, 2.24) is 4.90 Å². The molecule has 1 unspecified atom stereocenters. The number of hydrogen-bond acceptors (Lipinski definition) is 6. The number of hydrogen-bond donors (Lipinski definition) is 1. The van der Waals surface area contributed by atoms with Gasteiger partial charge in [0.05, 0.1) is 4.92 Å². The lowest BCUT2D eigenvalue weighted by Gasteiger charge is -2.32. The van der Waals surface area contributed by atoms with Crippen molar-refractivity contribution in [1.29, 1.82) is 0 Å². The molecule has 0 amide bonds. The third-order valence-electron chi connectivity index (χ3n) is 7.52. The number of nitro benzene ring substituents is 1. The molecular formula is C26H31N3O4. The summed E-state index contributed by atoms with van der Waals surface area (Å²) in [5.41, 5.74) is 5.56. The van der Waals surface area contributed by atoms with Crippen molar-refractivity contribution >= 4 is 17.2 Å². The van der Waals surface area contributed by atoms with Crippen molar-refractivity contribution in [2.24, 2.45) is 5.92 Å². The van der Waals surface area contributed by atoms with Gasteiger partial charge < -0.3 is 10.0 Å². The number of anilines is 1. The summed E-state index contributed by atoms with van der Waals surface area (Å²) in [4.78, 5) is 27.9. The third-order valence-corrected chi connectivity index (χ3v) is 7.52. The zero-order valence-electron chi connectivity index (χ0n) is 18.9. The number of nitro groups is 1. The van der Waals surface area contributed by atoms with Gasteiger partial charge in [-0.15, -0.1) is 0 Å². The predicted octanol–water partition coefficient (Wildman–Crippen LogP) is 4.10. The topological polar surface area (TPSA) is 86.9 Å². The minimum absolute atomic E-state index is 0.128. The fraction of sp³-hybridized carbons (Fsp3) is 0.500. The molecule has 3 aliphatic heterocycles. The lowest BCUT2D eigenvalue weighted by molar-refractivity contribution is -0.384. The number of rotatable bonds is 7. The first kappa shape index (κ1) is 22.0. The minimum Gasteiger partial charge on any atom is -0.373 e. The molecule has 0 aliphatic carbocycles. The number of Topliss-reactive ketones (excluding diaryl/α,β-unsaturated/α-hetero) is 1. The highest BCUT2D eigenvalue weighted by Gasteiger charge is 2.33. The van der Waals surface area contributed by atoms with Gasteiger partial charge in [-0.25, -0.2) is 0 Å². The summed E-state index contributed by atoms with van der Waals surface area (Å²) in [5, 5.41) is 21.1. The normalized spacial score (nSPS) is 20.6. The molecule has 2 aromatic carbocycles. The fourth-order valence-electron chi connectivity index (χ4n) is 5.69. The predicted molar refractivity (Wildman–Crippen MR) is 126 cm³/mol. The Kier molecular flexibility index (Phi) is 6.17. The molecule has 2 aromatic rings. The Balaban J connectivity index is 1.12. The van der Waals surface area contributed by atoms with Gasteiger partial charge in [-0.3, -0.25) is 19.8 Å². The summed E-state index contributed by atoms with van der Waals surface area (Å²) in [5.74, 6) is 0.785. The third kappa shape index (κ3) is 4.66. The largest absolute Gasteiger partial charge is 0.373 e. The van der Waals surface area contributed by atoms with Crippen molar-refractivity contribution in [3.05, 3.63) is 68.8 Å². The average molecular weight is 450 g/mol. The number of aliphatic hydroxyl groups is 1. The summed E-state index contributed by atoms with van der Waals surface area (Å²) in [7, 11) is 0. The second kappa shape index (κ2) is 9.23. The maximum Gasteiger partial charge on any atom is 0.269 e. The van der Waals surface area contributed by atoms with Gasteiger partial charge in [0.1, 0.15) is 6.23 Å². The number of ketones is 1. The number of aliphatic hydroxyl groups excluding tert-OH is 1. The molecular weight excluding hydrogens is 418 g/mol. The molecule has 1 atom stereocenters. The van der Waals surface area contributed by atoms with Crippen LogP contribution >= 0.6 is 0 Å². The summed E-state index contributed by atoms with van der Waals surface area (Å²) < 4.78 is 0. The lowest BCUT2D eigenvalue weighted by Crippen LogP contribution is -2.35. The van der Waals surface area contributed by atoms with Crippen molar-refractivity contribution in [3.8, 4) is 0 Å². The Morgan fingerprint density at radius 3 is 2.55 bits per heavy atom. The molecule has 7 heteroatoms. The Morgan fingerprint density at radius 1 is 1.09 bits per heavy atom. The second-order valence-corrected chi connectivity index (χ2v) is 9.73. The fourth-order valence-corrected chi connectivity index (χ4v) is 5.69. The molecule has 5 rings (SSSR count). The Morgan fingerprint density at radius 2 is 1.82 bits per heavy atom. The average Bonchev–Trinajstić information content (AvgIpc) is 3.15. The molecule has 3 aliphatic rings. The van der Waals surface area contributed by atoms with Gasteiger partial charge in [-0.2, -0.15) is 0 Å². The van der Waals surface area contributed by atoms with Crippen LogP contribution in [-0.2, 0) is 19.4 Å². The second-order valence-electron chi connectivity index (χ2n) is 9.73. The molecule has 1 N–H and O–H groups in total. The first-order chi connectivity index (χ1) is 16.0. The number of non-ortho nitro benzene ring substituents is 1. The maximum absolute atomic E-state index is 13.0. The van der Waals surface area contributed by atoms with E-state index in [4.69, 9.17) is 0 Å². The number of piperidine rings is 1. The van der Waals surface area contributed by atoms with E-state index < -0.39 is 6.23 Å². The SMILES string of the molecule is O=C(CCC1CCN(Cc2ccc([N+](=O)[O-])cc2)CC1)c1cc2c3c(c1)CC(O)N3CCC2. The molecule has 33 heavy (non-hydrogen) atoms. The van der Waals surface area contributed by atoms with Gasteiger partial charge in [-0.05, 0) is 79.9 Å². The van der Waals surface area contributed by atoms with E-state index in [1.807, 2.05) is 18.2 Å².